The van der Waals surface area contributed by atoms with Crippen LogP contribution in [0.1, 0.15) is 82.7 Å². The summed E-state index contributed by atoms with van der Waals surface area (Å²) < 4.78 is 6.91. The molecule has 4 nitrogen and oxygen atoms in total. The van der Waals surface area contributed by atoms with Gasteiger partial charge in [-0.15, -0.1) is 0 Å². The van der Waals surface area contributed by atoms with Crippen molar-refractivity contribution >= 4 is 96.2 Å². The number of aryl methyl sites for hydroxylation is 2. The molecule has 66 heavy (non-hydrogen) atoms. The average Bonchev–Trinajstić information content (AvgIpc) is 3.76. The molecule has 0 radical (unpaired) electrons. The van der Waals surface area contributed by atoms with Crippen LogP contribution in [0.5, 0.6) is 0 Å². The highest BCUT2D eigenvalue weighted by Crippen LogP contribution is 2.54. The van der Waals surface area contributed by atoms with Crippen LogP contribution in [0.4, 0.5) is 51.2 Å². The Kier molecular flexibility index (Phi) is 8.76. The molecule has 1 aromatic heterocycles. The van der Waals surface area contributed by atoms with E-state index in [2.05, 4.69) is 241 Å². The SMILES string of the molecule is Cc1cc2c3c(c1)N(c1cccc4c1oc1ccccc14)c1cc4c(cc1B3c1ccc(N(c3ccccc3)c3ccccc3)cc1N2c1ccc(C(C)(C)C)cc1C)C(C)(C)CC4(C)C. The third kappa shape index (κ3) is 6.05. The van der Waals surface area contributed by atoms with E-state index in [1.807, 2.05) is 0 Å². The van der Waals surface area contributed by atoms with E-state index in [9.17, 15) is 0 Å². The lowest BCUT2D eigenvalue weighted by molar-refractivity contribution is 0.403. The highest BCUT2D eigenvalue weighted by atomic mass is 16.3. The summed E-state index contributed by atoms with van der Waals surface area (Å²) in [6.45, 7) is 21.2. The zero-order valence-electron chi connectivity index (χ0n) is 39.6. The van der Waals surface area contributed by atoms with Gasteiger partial charge in [-0.25, -0.2) is 0 Å². The molecular formula is C61H56BN3O. The predicted molar refractivity (Wildman–Crippen MR) is 281 cm³/mol. The molecule has 0 atom stereocenters. The van der Waals surface area contributed by atoms with E-state index in [1.54, 1.807) is 0 Å². The topological polar surface area (TPSA) is 22.9 Å². The first kappa shape index (κ1) is 40.5. The summed E-state index contributed by atoms with van der Waals surface area (Å²) >= 11 is 0. The summed E-state index contributed by atoms with van der Waals surface area (Å²) in [5.74, 6) is 0. The van der Waals surface area contributed by atoms with Gasteiger partial charge >= 0.3 is 0 Å². The third-order valence-electron chi connectivity index (χ3n) is 14.9. The number of hydrogen-bond acceptors (Lipinski definition) is 4. The van der Waals surface area contributed by atoms with E-state index in [-0.39, 0.29) is 23.0 Å². The van der Waals surface area contributed by atoms with Crippen molar-refractivity contribution in [2.24, 2.45) is 0 Å². The van der Waals surface area contributed by atoms with E-state index < -0.39 is 0 Å². The molecule has 3 heterocycles. The van der Waals surface area contributed by atoms with Gasteiger partial charge in [-0.05, 0) is 154 Å². The van der Waals surface area contributed by atoms with Gasteiger partial charge in [-0.1, -0.05) is 139 Å². The van der Waals surface area contributed by atoms with Crippen molar-refractivity contribution < 1.29 is 4.42 Å². The second-order valence-corrected chi connectivity index (χ2v) is 21.5. The fourth-order valence-electron chi connectivity index (χ4n) is 12.1. The molecule has 0 spiro atoms. The molecule has 0 bridgehead atoms. The molecule has 0 saturated carbocycles. The van der Waals surface area contributed by atoms with Crippen molar-refractivity contribution in [1.82, 2.24) is 0 Å². The van der Waals surface area contributed by atoms with Crippen LogP contribution in [0, 0.1) is 13.8 Å². The Morgan fingerprint density at radius 1 is 0.515 bits per heavy atom. The van der Waals surface area contributed by atoms with Gasteiger partial charge in [0.05, 0.1) is 5.69 Å². The standard InChI is InChI=1S/C61H56BN3O/c1-38-31-54-57-55(32-38)65(51-25-18-24-45-44-23-16-17-26-56(44)66-58(45)51)53-36-47-46(60(6,7)37-61(47,8)9)35-49(53)62(57)48-29-28-43(63(41-19-12-10-13-20-41)42-21-14-11-15-22-42)34-52(48)64(54)50-30-27-40(33-39(50)2)59(3,4)5/h10-36H,37H2,1-9H3. The molecule has 0 amide bonds. The third-order valence-corrected chi connectivity index (χ3v) is 14.9. The lowest BCUT2D eigenvalue weighted by atomic mass is 9.33. The fraction of sp³-hybridized carbons (Fsp3) is 0.213. The van der Waals surface area contributed by atoms with E-state index >= 15 is 0 Å². The Bertz CT molecular complexity index is 3390. The van der Waals surface area contributed by atoms with Crippen LogP contribution in [0.25, 0.3) is 21.9 Å². The fourth-order valence-corrected chi connectivity index (χ4v) is 12.1. The van der Waals surface area contributed by atoms with Crippen molar-refractivity contribution in [3.63, 3.8) is 0 Å². The molecule has 9 aromatic rings. The van der Waals surface area contributed by atoms with E-state index in [0.29, 0.717) is 0 Å². The Labute approximate surface area is 390 Å². The van der Waals surface area contributed by atoms with E-state index in [0.717, 1.165) is 51.1 Å². The first-order chi connectivity index (χ1) is 31.7. The van der Waals surface area contributed by atoms with Crippen LogP contribution in [0.15, 0.2) is 168 Å². The number of fused-ring (bicyclic) bond motifs is 8. The van der Waals surface area contributed by atoms with Crippen LogP contribution in [-0.2, 0) is 16.2 Å². The predicted octanol–water partition coefficient (Wildman–Crippen LogP) is 15.0. The van der Waals surface area contributed by atoms with Crippen molar-refractivity contribution in [2.45, 2.75) is 85.0 Å². The monoisotopic (exact) mass is 857 g/mol. The Hall–Kier alpha value is -6.98. The van der Waals surface area contributed by atoms with Crippen LogP contribution in [-0.4, -0.2) is 6.71 Å². The molecule has 8 aromatic carbocycles. The minimum atomic E-state index is -0.0297. The van der Waals surface area contributed by atoms with Gasteiger partial charge < -0.3 is 19.1 Å². The summed E-state index contributed by atoms with van der Waals surface area (Å²) in [6, 6.07) is 61.1. The minimum absolute atomic E-state index is 0.00813. The van der Waals surface area contributed by atoms with Crippen molar-refractivity contribution in [3.05, 3.63) is 192 Å². The number of furan rings is 1. The highest BCUT2D eigenvalue weighted by molar-refractivity contribution is 7.00. The summed E-state index contributed by atoms with van der Waals surface area (Å²) in [6.07, 6.45) is 1.09. The van der Waals surface area contributed by atoms with Crippen LogP contribution < -0.4 is 31.1 Å². The number of para-hydroxylation sites is 4. The quantitative estimate of drug-likeness (QED) is 0.161. The first-order valence-electron chi connectivity index (χ1n) is 23.7. The number of nitrogens with zero attached hydrogens (tertiary/aromatic N) is 3. The van der Waals surface area contributed by atoms with E-state index in [4.69, 9.17) is 4.42 Å². The van der Waals surface area contributed by atoms with Gasteiger partial charge in [0.25, 0.3) is 6.71 Å². The lowest BCUT2D eigenvalue weighted by Crippen LogP contribution is -2.61. The first-order valence-corrected chi connectivity index (χ1v) is 23.7. The van der Waals surface area contributed by atoms with Crippen LogP contribution in [0.3, 0.4) is 0 Å². The molecule has 2 aliphatic heterocycles. The number of benzene rings is 8. The van der Waals surface area contributed by atoms with Crippen LogP contribution in [0.2, 0.25) is 0 Å². The summed E-state index contributed by atoms with van der Waals surface area (Å²) in [5, 5.41) is 2.27. The second-order valence-electron chi connectivity index (χ2n) is 21.5. The molecule has 0 saturated heterocycles. The van der Waals surface area contributed by atoms with Gasteiger partial charge in [0.1, 0.15) is 5.58 Å². The average molecular weight is 858 g/mol. The Morgan fingerprint density at radius 2 is 1.12 bits per heavy atom. The Morgan fingerprint density at radius 3 is 1.79 bits per heavy atom. The van der Waals surface area contributed by atoms with Gasteiger partial charge in [-0.2, -0.15) is 0 Å². The van der Waals surface area contributed by atoms with Crippen molar-refractivity contribution in [1.29, 1.82) is 0 Å². The molecule has 3 aliphatic rings. The van der Waals surface area contributed by atoms with Gasteiger partial charge in [0.2, 0.25) is 0 Å². The number of anilines is 9. The zero-order chi connectivity index (χ0) is 45.4. The van der Waals surface area contributed by atoms with Crippen molar-refractivity contribution in [2.75, 3.05) is 14.7 Å². The maximum Gasteiger partial charge on any atom is 0.252 e. The summed E-state index contributed by atoms with van der Waals surface area (Å²) in [5.41, 5.74) is 22.9. The molecule has 1 aliphatic carbocycles. The summed E-state index contributed by atoms with van der Waals surface area (Å²) in [7, 11) is 0. The smallest absolute Gasteiger partial charge is 0.252 e. The second kappa shape index (κ2) is 14.3. The molecule has 0 unspecified atom stereocenters. The molecule has 0 N–H and O–H groups in total. The van der Waals surface area contributed by atoms with Crippen molar-refractivity contribution in [3.8, 4) is 0 Å². The largest absolute Gasteiger partial charge is 0.454 e. The maximum atomic E-state index is 6.91. The maximum absolute atomic E-state index is 6.91. The summed E-state index contributed by atoms with van der Waals surface area (Å²) in [4.78, 5) is 7.54. The van der Waals surface area contributed by atoms with Crippen LogP contribution >= 0.6 is 0 Å². The van der Waals surface area contributed by atoms with E-state index in [1.165, 1.54) is 72.6 Å². The molecular weight excluding hydrogens is 802 g/mol. The molecule has 324 valence electrons. The number of rotatable bonds is 5. The lowest BCUT2D eigenvalue weighted by Gasteiger charge is -2.45. The molecule has 12 rings (SSSR count). The molecule has 5 heteroatoms. The molecule has 0 fully saturated rings. The Balaban J connectivity index is 1.19. The number of hydrogen-bond donors (Lipinski definition) is 0. The highest BCUT2D eigenvalue weighted by Gasteiger charge is 2.48. The van der Waals surface area contributed by atoms with Gasteiger partial charge in [0, 0.05) is 56.3 Å². The van der Waals surface area contributed by atoms with Gasteiger partial charge in [-0.3, -0.25) is 0 Å². The normalized spacial score (nSPS) is 15.4. The minimum Gasteiger partial charge on any atom is -0.454 e. The van der Waals surface area contributed by atoms with Gasteiger partial charge in [0.15, 0.2) is 5.58 Å². The zero-order valence-corrected chi connectivity index (χ0v) is 39.6.